The van der Waals surface area contributed by atoms with Crippen molar-refractivity contribution in [2.45, 2.75) is 38.5 Å². The molecule has 1 aliphatic rings. The second-order valence-electron chi connectivity index (χ2n) is 4.49. The highest BCUT2D eigenvalue weighted by Crippen LogP contribution is 2.10. The molecule has 0 bridgehead atoms. The summed E-state index contributed by atoms with van der Waals surface area (Å²) in [6.07, 6.45) is 0.839. The summed E-state index contributed by atoms with van der Waals surface area (Å²) in [7, 11) is 2.03. The number of aliphatic hydroxyl groups is 1. The second-order valence-corrected chi connectivity index (χ2v) is 4.49. The zero-order valence-corrected chi connectivity index (χ0v) is 9.98. The number of ether oxygens (including phenoxy) is 2. The van der Waals surface area contributed by atoms with E-state index < -0.39 is 6.10 Å². The van der Waals surface area contributed by atoms with Gasteiger partial charge in [0.15, 0.2) is 0 Å². The molecule has 0 aromatic heterocycles. The summed E-state index contributed by atoms with van der Waals surface area (Å²) in [6.45, 7) is 6.64. The Balaban J connectivity index is 2.15. The Hall–Kier alpha value is -0.160. The van der Waals surface area contributed by atoms with Gasteiger partial charge in [-0.3, -0.25) is 4.90 Å². The Kier molecular flexibility index (Phi) is 5.53. The maximum absolute atomic E-state index is 9.72. The topological polar surface area (TPSA) is 41.9 Å². The van der Waals surface area contributed by atoms with Crippen molar-refractivity contribution in [3.8, 4) is 0 Å². The molecule has 1 aliphatic heterocycles. The summed E-state index contributed by atoms with van der Waals surface area (Å²) in [5.74, 6) is 0. The Morgan fingerprint density at radius 1 is 1.53 bits per heavy atom. The van der Waals surface area contributed by atoms with Crippen LogP contribution in [0.5, 0.6) is 0 Å². The van der Waals surface area contributed by atoms with Crippen LogP contribution in [0.3, 0.4) is 0 Å². The molecule has 0 spiro atoms. The lowest BCUT2D eigenvalue weighted by Crippen LogP contribution is -2.39. The van der Waals surface area contributed by atoms with Gasteiger partial charge in [0.25, 0.3) is 0 Å². The van der Waals surface area contributed by atoms with Crippen molar-refractivity contribution in [2.24, 2.45) is 0 Å². The van der Waals surface area contributed by atoms with Crippen LogP contribution in [0.1, 0.15) is 20.3 Å². The fourth-order valence-corrected chi connectivity index (χ4v) is 1.71. The minimum atomic E-state index is -0.405. The van der Waals surface area contributed by atoms with Gasteiger partial charge in [-0.15, -0.1) is 0 Å². The van der Waals surface area contributed by atoms with Gasteiger partial charge in [-0.25, -0.2) is 0 Å². The summed E-state index contributed by atoms with van der Waals surface area (Å²) >= 11 is 0. The summed E-state index contributed by atoms with van der Waals surface area (Å²) < 4.78 is 10.7. The molecule has 15 heavy (non-hydrogen) atoms. The largest absolute Gasteiger partial charge is 0.389 e. The zero-order chi connectivity index (χ0) is 11.3. The van der Waals surface area contributed by atoms with E-state index in [4.69, 9.17) is 9.47 Å². The number of aliphatic hydroxyl groups excluding tert-OH is 1. The molecule has 0 saturated carbocycles. The summed E-state index contributed by atoms with van der Waals surface area (Å²) in [5.41, 5.74) is 0. The van der Waals surface area contributed by atoms with Crippen molar-refractivity contribution >= 4 is 0 Å². The Bertz CT molecular complexity index is 169. The SMILES string of the molecule is CC(C)OCC(O)CN(C)C1CCOC1. The van der Waals surface area contributed by atoms with Gasteiger partial charge in [0.2, 0.25) is 0 Å². The van der Waals surface area contributed by atoms with Crippen LogP contribution in [-0.2, 0) is 9.47 Å². The third kappa shape index (κ3) is 4.93. The first-order valence-corrected chi connectivity index (χ1v) is 5.67. The standard InChI is InChI=1S/C11H23NO3/c1-9(2)15-8-11(13)6-12(3)10-4-5-14-7-10/h9-11,13H,4-8H2,1-3H3. The molecule has 4 heteroatoms. The molecule has 2 unspecified atom stereocenters. The fraction of sp³-hybridized carbons (Fsp3) is 1.00. The lowest BCUT2D eigenvalue weighted by molar-refractivity contribution is -0.0106. The predicted molar refractivity (Wildman–Crippen MR) is 58.9 cm³/mol. The highest BCUT2D eigenvalue weighted by atomic mass is 16.5. The molecule has 0 radical (unpaired) electrons. The van der Waals surface area contributed by atoms with Crippen molar-refractivity contribution in [3.05, 3.63) is 0 Å². The van der Waals surface area contributed by atoms with Gasteiger partial charge < -0.3 is 14.6 Å². The van der Waals surface area contributed by atoms with Crippen LogP contribution in [-0.4, -0.2) is 61.7 Å². The van der Waals surface area contributed by atoms with Gasteiger partial charge in [-0.05, 0) is 27.3 Å². The van der Waals surface area contributed by atoms with Crippen molar-refractivity contribution in [1.82, 2.24) is 4.90 Å². The first-order chi connectivity index (χ1) is 7.09. The molecular formula is C11H23NO3. The van der Waals surface area contributed by atoms with E-state index in [0.29, 0.717) is 19.2 Å². The molecule has 1 heterocycles. The van der Waals surface area contributed by atoms with Crippen molar-refractivity contribution in [3.63, 3.8) is 0 Å². The lowest BCUT2D eigenvalue weighted by Gasteiger charge is -2.25. The van der Waals surface area contributed by atoms with E-state index in [9.17, 15) is 5.11 Å². The van der Waals surface area contributed by atoms with E-state index in [0.717, 1.165) is 19.6 Å². The maximum atomic E-state index is 9.72. The molecule has 1 N–H and O–H groups in total. The van der Waals surface area contributed by atoms with Crippen molar-refractivity contribution in [2.75, 3.05) is 33.4 Å². The third-order valence-electron chi connectivity index (χ3n) is 2.65. The van der Waals surface area contributed by atoms with E-state index in [1.54, 1.807) is 0 Å². The van der Waals surface area contributed by atoms with Crippen LogP contribution >= 0.6 is 0 Å². The van der Waals surface area contributed by atoms with Gasteiger partial charge >= 0.3 is 0 Å². The first-order valence-electron chi connectivity index (χ1n) is 5.67. The molecule has 0 aromatic carbocycles. The molecule has 0 amide bonds. The number of nitrogens with zero attached hydrogens (tertiary/aromatic N) is 1. The van der Waals surface area contributed by atoms with E-state index in [2.05, 4.69) is 4.90 Å². The van der Waals surface area contributed by atoms with Crippen LogP contribution < -0.4 is 0 Å². The minimum Gasteiger partial charge on any atom is -0.389 e. The van der Waals surface area contributed by atoms with Crippen molar-refractivity contribution < 1.29 is 14.6 Å². The molecule has 1 saturated heterocycles. The Labute approximate surface area is 92.2 Å². The molecule has 0 aromatic rings. The fourth-order valence-electron chi connectivity index (χ4n) is 1.71. The van der Waals surface area contributed by atoms with E-state index in [1.165, 1.54) is 0 Å². The van der Waals surface area contributed by atoms with E-state index in [1.807, 2.05) is 20.9 Å². The summed E-state index contributed by atoms with van der Waals surface area (Å²) in [4.78, 5) is 2.15. The second kappa shape index (κ2) is 6.43. The first kappa shape index (κ1) is 12.9. The van der Waals surface area contributed by atoms with Crippen LogP contribution in [0.25, 0.3) is 0 Å². The summed E-state index contributed by atoms with van der Waals surface area (Å²) in [6, 6.07) is 0.457. The number of hydrogen-bond donors (Lipinski definition) is 1. The molecule has 1 rings (SSSR count). The number of likely N-dealkylation sites (N-methyl/N-ethyl adjacent to an activating group) is 1. The zero-order valence-electron chi connectivity index (χ0n) is 9.98. The van der Waals surface area contributed by atoms with E-state index >= 15 is 0 Å². The smallest absolute Gasteiger partial charge is 0.0900 e. The average Bonchev–Trinajstić information content (AvgIpc) is 2.67. The summed E-state index contributed by atoms with van der Waals surface area (Å²) in [5, 5.41) is 9.72. The highest BCUT2D eigenvalue weighted by Gasteiger charge is 2.22. The van der Waals surface area contributed by atoms with Crippen LogP contribution in [0.15, 0.2) is 0 Å². The van der Waals surface area contributed by atoms with E-state index in [-0.39, 0.29) is 6.10 Å². The van der Waals surface area contributed by atoms with Gasteiger partial charge in [-0.2, -0.15) is 0 Å². The van der Waals surface area contributed by atoms with Gasteiger partial charge in [-0.1, -0.05) is 0 Å². The molecule has 1 fully saturated rings. The van der Waals surface area contributed by atoms with Gasteiger partial charge in [0.1, 0.15) is 0 Å². The minimum absolute atomic E-state index is 0.180. The van der Waals surface area contributed by atoms with Gasteiger partial charge in [0.05, 0.1) is 25.4 Å². The van der Waals surface area contributed by atoms with Crippen LogP contribution in [0, 0.1) is 0 Å². The van der Waals surface area contributed by atoms with Crippen LogP contribution in [0.2, 0.25) is 0 Å². The Morgan fingerprint density at radius 3 is 2.80 bits per heavy atom. The molecule has 0 aliphatic carbocycles. The van der Waals surface area contributed by atoms with Crippen LogP contribution in [0.4, 0.5) is 0 Å². The molecule has 90 valence electrons. The van der Waals surface area contributed by atoms with Crippen molar-refractivity contribution in [1.29, 1.82) is 0 Å². The predicted octanol–water partition coefficient (Wildman–Crippen LogP) is 0.493. The molecule has 2 atom stereocenters. The molecular weight excluding hydrogens is 194 g/mol. The normalized spacial score (nSPS) is 24.0. The van der Waals surface area contributed by atoms with Gasteiger partial charge in [0, 0.05) is 19.2 Å². The monoisotopic (exact) mass is 217 g/mol. The quantitative estimate of drug-likeness (QED) is 0.703. The number of rotatable bonds is 6. The maximum Gasteiger partial charge on any atom is 0.0900 e. The Morgan fingerprint density at radius 2 is 2.27 bits per heavy atom. The molecule has 4 nitrogen and oxygen atoms in total. The number of hydrogen-bond acceptors (Lipinski definition) is 4. The third-order valence-corrected chi connectivity index (χ3v) is 2.65. The lowest BCUT2D eigenvalue weighted by atomic mass is 10.2. The average molecular weight is 217 g/mol. The highest BCUT2D eigenvalue weighted by molar-refractivity contribution is 4.74.